The Morgan fingerprint density at radius 1 is 0.840 bits per heavy atom. The fraction of sp³-hybridized carbons (Fsp3) is 0.529. The Balaban J connectivity index is 5.88. The summed E-state index contributed by atoms with van der Waals surface area (Å²) < 4.78 is 19.4. The molecule has 0 aliphatic rings. The molecule has 0 aromatic heterocycles. The van der Waals surface area contributed by atoms with E-state index in [4.69, 9.17) is 18.9 Å². The molecule has 8 nitrogen and oxygen atoms in total. The summed E-state index contributed by atoms with van der Waals surface area (Å²) in [5, 5.41) is 0. The number of hydrogen-bond donors (Lipinski definition) is 0. The predicted molar refractivity (Wildman–Crippen MR) is 87.2 cm³/mol. The Labute approximate surface area is 146 Å². The zero-order valence-corrected chi connectivity index (χ0v) is 14.8. The highest BCUT2D eigenvalue weighted by atomic mass is 16.6. The van der Waals surface area contributed by atoms with E-state index < -0.39 is 35.7 Å². The van der Waals surface area contributed by atoms with Gasteiger partial charge in [0.25, 0.3) is 5.41 Å². The molecule has 0 fully saturated rings. The molecule has 0 radical (unpaired) electrons. The molecule has 0 bridgehead atoms. The van der Waals surface area contributed by atoms with E-state index in [-0.39, 0.29) is 32.0 Å². The molecule has 0 aromatic carbocycles. The van der Waals surface area contributed by atoms with Crippen molar-refractivity contribution in [3.63, 3.8) is 0 Å². The Bertz CT molecular complexity index is 489. The molecule has 0 saturated carbocycles. The van der Waals surface area contributed by atoms with Crippen LogP contribution in [0.1, 0.15) is 27.2 Å². The van der Waals surface area contributed by atoms with Crippen LogP contribution in [0, 0.1) is 5.41 Å². The van der Waals surface area contributed by atoms with Crippen molar-refractivity contribution in [1.82, 2.24) is 0 Å². The minimum atomic E-state index is -2.48. The molecule has 140 valence electrons. The molecule has 8 heteroatoms. The highest BCUT2D eigenvalue weighted by molar-refractivity contribution is 6.18. The molecular weight excluding hydrogens is 332 g/mol. The number of rotatable bonds is 11. The molecule has 0 saturated heterocycles. The molecular formula is C17H24O8. The second-order valence-electron chi connectivity index (χ2n) is 4.73. The first-order chi connectivity index (χ1) is 11.8. The van der Waals surface area contributed by atoms with Crippen molar-refractivity contribution < 1.29 is 38.1 Å². The number of esters is 4. The van der Waals surface area contributed by atoms with Gasteiger partial charge < -0.3 is 18.9 Å². The maximum Gasteiger partial charge on any atom is 0.335 e. The molecule has 0 amide bonds. The van der Waals surface area contributed by atoms with Gasteiger partial charge in [0.05, 0.1) is 19.8 Å². The third-order valence-electron chi connectivity index (χ3n) is 2.97. The van der Waals surface area contributed by atoms with E-state index in [9.17, 15) is 19.2 Å². The quantitative estimate of drug-likeness (QED) is 0.179. The summed E-state index contributed by atoms with van der Waals surface area (Å²) in [5.74, 6) is -4.42. The Kier molecular flexibility index (Phi) is 9.85. The first-order valence-corrected chi connectivity index (χ1v) is 7.79. The van der Waals surface area contributed by atoms with Gasteiger partial charge in [0.15, 0.2) is 0 Å². The van der Waals surface area contributed by atoms with Crippen LogP contribution in [0.25, 0.3) is 0 Å². The minimum Gasteiger partial charge on any atom is -0.465 e. The van der Waals surface area contributed by atoms with Gasteiger partial charge in [0.1, 0.15) is 6.61 Å². The summed E-state index contributed by atoms with van der Waals surface area (Å²) in [7, 11) is 0. The van der Waals surface area contributed by atoms with Crippen LogP contribution in [0.15, 0.2) is 24.8 Å². The van der Waals surface area contributed by atoms with Crippen LogP contribution in [0.4, 0.5) is 0 Å². The second kappa shape index (κ2) is 11.0. The second-order valence-corrected chi connectivity index (χ2v) is 4.73. The molecule has 0 aliphatic carbocycles. The highest BCUT2D eigenvalue weighted by Gasteiger charge is 2.58. The Morgan fingerprint density at radius 3 is 1.56 bits per heavy atom. The van der Waals surface area contributed by atoms with E-state index in [0.29, 0.717) is 0 Å². The van der Waals surface area contributed by atoms with E-state index in [2.05, 4.69) is 13.2 Å². The van der Waals surface area contributed by atoms with Crippen molar-refractivity contribution in [3.05, 3.63) is 24.8 Å². The van der Waals surface area contributed by atoms with Gasteiger partial charge in [0.2, 0.25) is 0 Å². The van der Waals surface area contributed by atoms with E-state index in [0.717, 1.165) is 0 Å². The maximum atomic E-state index is 12.4. The van der Waals surface area contributed by atoms with Gasteiger partial charge in [-0.05, 0) is 20.8 Å². The van der Waals surface area contributed by atoms with Crippen LogP contribution in [-0.4, -0.2) is 50.3 Å². The maximum absolute atomic E-state index is 12.4. The Hall–Kier alpha value is -2.64. The zero-order chi connectivity index (χ0) is 19.5. The monoisotopic (exact) mass is 356 g/mol. The van der Waals surface area contributed by atoms with Crippen LogP contribution in [0.5, 0.6) is 0 Å². The molecule has 0 heterocycles. The average molecular weight is 356 g/mol. The first-order valence-electron chi connectivity index (χ1n) is 7.79. The fourth-order valence-corrected chi connectivity index (χ4v) is 1.86. The van der Waals surface area contributed by atoms with Crippen LogP contribution in [0.2, 0.25) is 0 Å². The summed E-state index contributed by atoms with van der Waals surface area (Å²) in [6.07, 6.45) is 0.653. The number of carbonyl (C=O) groups excluding carboxylic acids is 4. The third-order valence-corrected chi connectivity index (χ3v) is 2.97. The van der Waals surface area contributed by atoms with Crippen molar-refractivity contribution in [2.45, 2.75) is 27.2 Å². The summed E-state index contributed by atoms with van der Waals surface area (Å²) >= 11 is 0. The van der Waals surface area contributed by atoms with Crippen molar-refractivity contribution in [2.24, 2.45) is 5.41 Å². The molecule has 25 heavy (non-hydrogen) atoms. The number of ether oxygens (including phenoxy) is 4. The first kappa shape index (κ1) is 22.4. The molecule has 0 spiro atoms. The van der Waals surface area contributed by atoms with Crippen molar-refractivity contribution in [1.29, 1.82) is 0 Å². The van der Waals surface area contributed by atoms with Gasteiger partial charge in [-0.2, -0.15) is 0 Å². The highest BCUT2D eigenvalue weighted by Crippen LogP contribution is 2.32. The fourth-order valence-electron chi connectivity index (χ4n) is 1.86. The van der Waals surface area contributed by atoms with E-state index in [1.54, 1.807) is 0 Å². The lowest BCUT2D eigenvalue weighted by atomic mass is 9.81. The van der Waals surface area contributed by atoms with Crippen LogP contribution < -0.4 is 0 Å². The summed E-state index contributed by atoms with van der Waals surface area (Å²) in [4.78, 5) is 49.2. The van der Waals surface area contributed by atoms with Gasteiger partial charge in [-0.25, -0.2) is 4.79 Å². The van der Waals surface area contributed by atoms with Crippen LogP contribution >= 0.6 is 0 Å². The SMILES string of the molecule is C=CCOC(=O)C(=C)CC(C(=O)OCC)(C(=O)OCC)C(=O)OCC. The molecule has 0 aromatic rings. The summed E-state index contributed by atoms with van der Waals surface area (Å²) in [6.45, 7) is 11.0. The lowest BCUT2D eigenvalue weighted by Crippen LogP contribution is -2.50. The number of carbonyl (C=O) groups is 4. The topological polar surface area (TPSA) is 105 Å². The van der Waals surface area contributed by atoms with Crippen molar-refractivity contribution in [2.75, 3.05) is 26.4 Å². The van der Waals surface area contributed by atoms with Crippen molar-refractivity contribution in [3.8, 4) is 0 Å². The van der Waals surface area contributed by atoms with E-state index >= 15 is 0 Å². The normalized spacial score (nSPS) is 10.4. The van der Waals surface area contributed by atoms with E-state index in [1.807, 2.05) is 0 Å². The predicted octanol–water partition coefficient (Wildman–Crippen LogP) is 1.34. The van der Waals surface area contributed by atoms with E-state index in [1.165, 1.54) is 26.8 Å². The van der Waals surface area contributed by atoms with Gasteiger partial charge in [-0.3, -0.25) is 14.4 Å². The minimum absolute atomic E-state index is 0.0905. The largest absolute Gasteiger partial charge is 0.465 e. The van der Waals surface area contributed by atoms with Crippen molar-refractivity contribution >= 4 is 23.9 Å². The van der Waals surface area contributed by atoms with Gasteiger partial charge in [-0.1, -0.05) is 19.2 Å². The summed E-state index contributed by atoms with van der Waals surface area (Å²) in [5.41, 5.74) is -2.76. The molecule has 0 unspecified atom stereocenters. The standard InChI is InChI=1S/C17H24O8/c1-6-10-25-13(18)12(5)11-17(14(19)22-7-2,15(20)23-8-3)16(21)24-9-4/h6H,1,5,7-11H2,2-4H3. The molecule has 0 aliphatic heterocycles. The summed E-state index contributed by atoms with van der Waals surface area (Å²) in [6, 6.07) is 0. The molecule has 0 atom stereocenters. The average Bonchev–Trinajstić information content (AvgIpc) is 2.57. The smallest absolute Gasteiger partial charge is 0.335 e. The van der Waals surface area contributed by atoms with Gasteiger partial charge >= 0.3 is 23.9 Å². The zero-order valence-electron chi connectivity index (χ0n) is 14.8. The van der Waals surface area contributed by atoms with Gasteiger partial charge in [-0.15, -0.1) is 0 Å². The lowest BCUT2D eigenvalue weighted by Gasteiger charge is -2.27. The lowest BCUT2D eigenvalue weighted by molar-refractivity contribution is -0.183. The third kappa shape index (κ3) is 5.74. The molecule has 0 rings (SSSR count). The Morgan fingerprint density at radius 2 is 1.24 bits per heavy atom. The molecule has 0 N–H and O–H groups in total. The van der Waals surface area contributed by atoms with Gasteiger partial charge in [0, 0.05) is 12.0 Å². The van der Waals surface area contributed by atoms with Crippen LogP contribution in [-0.2, 0) is 38.1 Å². The van der Waals surface area contributed by atoms with Crippen LogP contribution in [0.3, 0.4) is 0 Å². The number of hydrogen-bond acceptors (Lipinski definition) is 8.